The Bertz CT molecular complexity index is 996. The summed E-state index contributed by atoms with van der Waals surface area (Å²) in [6.45, 7) is 23.1. The third kappa shape index (κ3) is 5.41. The van der Waals surface area contributed by atoms with E-state index in [0.717, 1.165) is 17.6 Å². The van der Waals surface area contributed by atoms with Gasteiger partial charge in [-0.15, -0.1) is 0 Å². The minimum atomic E-state index is -0.00263. The van der Waals surface area contributed by atoms with Crippen LogP contribution in [0.15, 0.2) is 78.9 Å². The standard InChI is InChI=1S/C32H44N/c1-30(2,3)28-21-15-13-17-25(28)23-33(32(7,8)9,27-19-11-10-12-20-27)24-26-18-14-16-22-29(26)31(4,5)6/h10-22H,23-24H2,1-9H3/q+1. The molecule has 0 N–H and O–H groups in total. The Morgan fingerprint density at radius 1 is 0.485 bits per heavy atom. The van der Waals surface area contributed by atoms with E-state index in [1.807, 2.05) is 0 Å². The quantitative estimate of drug-likeness (QED) is 0.346. The van der Waals surface area contributed by atoms with E-state index < -0.39 is 0 Å². The van der Waals surface area contributed by atoms with Crippen molar-refractivity contribution in [3.05, 3.63) is 101 Å². The van der Waals surface area contributed by atoms with Gasteiger partial charge in [0.25, 0.3) is 0 Å². The van der Waals surface area contributed by atoms with Gasteiger partial charge < -0.3 is 0 Å². The van der Waals surface area contributed by atoms with Gasteiger partial charge in [-0.3, -0.25) is 4.48 Å². The number of rotatable bonds is 5. The number of hydrogen-bond donors (Lipinski definition) is 0. The van der Waals surface area contributed by atoms with Crippen molar-refractivity contribution in [1.29, 1.82) is 0 Å². The summed E-state index contributed by atoms with van der Waals surface area (Å²) in [6, 6.07) is 29.3. The zero-order chi connectivity index (χ0) is 24.5. The largest absolute Gasteiger partial charge is 0.279 e. The summed E-state index contributed by atoms with van der Waals surface area (Å²) in [5.74, 6) is 0. The van der Waals surface area contributed by atoms with Crippen LogP contribution in [0.5, 0.6) is 0 Å². The van der Waals surface area contributed by atoms with Crippen LogP contribution in [0.2, 0.25) is 0 Å². The molecule has 0 fully saturated rings. The third-order valence-electron chi connectivity index (χ3n) is 7.07. The summed E-state index contributed by atoms with van der Waals surface area (Å²) in [5.41, 5.74) is 7.34. The van der Waals surface area contributed by atoms with Crippen molar-refractivity contribution < 1.29 is 0 Å². The normalized spacial score (nSPS) is 13.2. The topological polar surface area (TPSA) is 0 Å². The van der Waals surface area contributed by atoms with E-state index in [-0.39, 0.29) is 16.4 Å². The minimum Gasteiger partial charge on any atom is -0.279 e. The fourth-order valence-corrected chi connectivity index (χ4v) is 5.17. The molecule has 0 heterocycles. The Kier molecular flexibility index (Phi) is 6.97. The van der Waals surface area contributed by atoms with Crippen LogP contribution in [0.4, 0.5) is 5.69 Å². The summed E-state index contributed by atoms with van der Waals surface area (Å²) >= 11 is 0. The van der Waals surface area contributed by atoms with E-state index in [1.54, 1.807) is 0 Å². The van der Waals surface area contributed by atoms with Crippen LogP contribution in [-0.2, 0) is 23.9 Å². The van der Waals surface area contributed by atoms with Gasteiger partial charge >= 0.3 is 0 Å². The maximum Gasteiger partial charge on any atom is 0.133 e. The van der Waals surface area contributed by atoms with Gasteiger partial charge in [0.15, 0.2) is 0 Å². The van der Waals surface area contributed by atoms with Gasteiger partial charge in [-0.2, -0.15) is 0 Å². The lowest BCUT2D eigenvalue weighted by molar-refractivity contribution is 0.121. The molecule has 3 aromatic rings. The van der Waals surface area contributed by atoms with Gasteiger partial charge in [-0.1, -0.05) is 108 Å². The Morgan fingerprint density at radius 3 is 1.21 bits per heavy atom. The molecule has 0 spiro atoms. The highest BCUT2D eigenvalue weighted by atomic mass is 15.4. The van der Waals surface area contributed by atoms with Gasteiger partial charge in [0.1, 0.15) is 18.8 Å². The number of benzene rings is 3. The summed E-state index contributed by atoms with van der Waals surface area (Å²) in [7, 11) is 0. The summed E-state index contributed by atoms with van der Waals surface area (Å²) < 4.78 is 0.869. The maximum atomic E-state index is 2.40. The molecule has 1 heteroatoms. The van der Waals surface area contributed by atoms with Crippen molar-refractivity contribution in [3.8, 4) is 0 Å². The van der Waals surface area contributed by atoms with Crippen LogP contribution in [0, 0.1) is 0 Å². The number of hydrogen-bond acceptors (Lipinski definition) is 0. The van der Waals surface area contributed by atoms with Gasteiger partial charge in [-0.25, -0.2) is 0 Å². The Morgan fingerprint density at radius 2 is 0.848 bits per heavy atom. The first kappa shape index (κ1) is 25.2. The molecular weight excluding hydrogens is 398 g/mol. The number of para-hydroxylation sites is 1. The van der Waals surface area contributed by atoms with Crippen molar-refractivity contribution in [2.75, 3.05) is 0 Å². The minimum absolute atomic E-state index is 0.00263. The number of quaternary nitrogens is 1. The van der Waals surface area contributed by atoms with E-state index in [0.29, 0.717) is 0 Å². The van der Waals surface area contributed by atoms with Gasteiger partial charge in [-0.05, 0) is 54.9 Å². The highest BCUT2D eigenvalue weighted by Gasteiger charge is 2.44. The Hall–Kier alpha value is -2.38. The molecule has 0 aliphatic carbocycles. The predicted molar refractivity (Wildman–Crippen MR) is 146 cm³/mol. The van der Waals surface area contributed by atoms with Gasteiger partial charge in [0.2, 0.25) is 0 Å². The molecule has 0 aliphatic heterocycles. The van der Waals surface area contributed by atoms with Crippen molar-refractivity contribution in [2.24, 2.45) is 0 Å². The average Bonchev–Trinajstić information content (AvgIpc) is 2.72. The molecule has 0 saturated carbocycles. The monoisotopic (exact) mass is 442 g/mol. The molecule has 33 heavy (non-hydrogen) atoms. The smallest absolute Gasteiger partial charge is 0.133 e. The maximum absolute atomic E-state index is 2.40. The Balaban J connectivity index is 2.28. The van der Waals surface area contributed by atoms with Gasteiger partial charge in [0.05, 0.1) is 5.54 Å². The zero-order valence-corrected chi connectivity index (χ0v) is 22.4. The molecule has 176 valence electrons. The van der Waals surface area contributed by atoms with Crippen molar-refractivity contribution >= 4 is 5.69 Å². The molecule has 0 bridgehead atoms. The average molecular weight is 443 g/mol. The molecule has 0 atom stereocenters. The first-order valence-electron chi connectivity index (χ1n) is 12.4. The third-order valence-corrected chi connectivity index (χ3v) is 7.07. The highest BCUT2D eigenvalue weighted by molar-refractivity contribution is 5.48. The first-order valence-corrected chi connectivity index (χ1v) is 12.4. The zero-order valence-electron chi connectivity index (χ0n) is 22.4. The fraction of sp³-hybridized carbons (Fsp3) is 0.438. The first-order chi connectivity index (χ1) is 15.3. The molecule has 1 nitrogen and oxygen atoms in total. The summed E-state index contributed by atoms with van der Waals surface area (Å²) in [4.78, 5) is 0. The second-order valence-electron chi connectivity index (χ2n) is 12.6. The molecule has 0 aromatic heterocycles. The van der Waals surface area contributed by atoms with E-state index >= 15 is 0 Å². The fourth-order valence-electron chi connectivity index (χ4n) is 5.17. The molecule has 0 radical (unpaired) electrons. The lowest BCUT2D eigenvalue weighted by atomic mass is 9.81. The molecule has 3 aromatic carbocycles. The van der Waals surface area contributed by atoms with Crippen molar-refractivity contribution in [2.45, 2.75) is 91.8 Å². The van der Waals surface area contributed by atoms with Crippen LogP contribution >= 0.6 is 0 Å². The predicted octanol–water partition coefficient (Wildman–Crippen LogP) is 8.79. The van der Waals surface area contributed by atoms with Crippen molar-refractivity contribution in [3.63, 3.8) is 0 Å². The summed E-state index contributed by atoms with van der Waals surface area (Å²) in [6.07, 6.45) is 0. The van der Waals surface area contributed by atoms with E-state index in [4.69, 9.17) is 0 Å². The molecular formula is C32H44N+. The van der Waals surface area contributed by atoms with Crippen LogP contribution < -0.4 is 4.48 Å². The number of nitrogens with zero attached hydrogens (tertiary/aromatic N) is 1. The van der Waals surface area contributed by atoms with Crippen LogP contribution in [0.25, 0.3) is 0 Å². The SMILES string of the molecule is CC(C)(C)c1ccccc1C[N+](Cc1ccccc1C(C)(C)C)(c1ccccc1)C(C)(C)C. The van der Waals surface area contributed by atoms with E-state index in [1.165, 1.54) is 27.9 Å². The van der Waals surface area contributed by atoms with Crippen molar-refractivity contribution in [1.82, 2.24) is 4.48 Å². The molecule has 3 rings (SSSR count). The summed E-state index contributed by atoms with van der Waals surface area (Å²) in [5, 5.41) is 0. The lowest BCUT2D eigenvalue weighted by Crippen LogP contribution is -2.60. The Labute approximate surface area is 203 Å². The van der Waals surface area contributed by atoms with Crippen LogP contribution in [0.1, 0.15) is 84.6 Å². The van der Waals surface area contributed by atoms with Crippen LogP contribution in [0.3, 0.4) is 0 Å². The molecule has 0 unspecified atom stereocenters. The molecule has 0 aliphatic rings. The van der Waals surface area contributed by atoms with Gasteiger partial charge in [0, 0.05) is 11.1 Å². The molecule has 0 saturated heterocycles. The van der Waals surface area contributed by atoms with E-state index in [2.05, 4.69) is 141 Å². The second kappa shape index (κ2) is 9.11. The molecule has 0 amide bonds. The highest BCUT2D eigenvalue weighted by Crippen LogP contribution is 2.41. The second-order valence-corrected chi connectivity index (χ2v) is 12.6. The van der Waals surface area contributed by atoms with E-state index in [9.17, 15) is 0 Å². The van der Waals surface area contributed by atoms with Crippen LogP contribution in [-0.4, -0.2) is 5.54 Å². The lowest BCUT2D eigenvalue weighted by Gasteiger charge is -2.49.